The molecule has 0 aromatic heterocycles. The van der Waals surface area contributed by atoms with Crippen LogP contribution in [0.2, 0.25) is 0 Å². The van der Waals surface area contributed by atoms with Gasteiger partial charge < -0.3 is 9.47 Å². The van der Waals surface area contributed by atoms with Crippen LogP contribution in [0.15, 0.2) is 18.2 Å². The molecule has 0 aliphatic heterocycles. The maximum atomic E-state index is 11.3. The van der Waals surface area contributed by atoms with E-state index < -0.39 is 5.97 Å². The van der Waals surface area contributed by atoms with Crippen LogP contribution >= 0.6 is 0 Å². The molecule has 0 saturated carbocycles. The first-order valence-corrected chi connectivity index (χ1v) is 5.87. The van der Waals surface area contributed by atoms with Crippen molar-refractivity contribution < 1.29 is 14.3 Å². The second-order valence-corrected chi connectivity index (χ2v) is 3.52. The number of rotatable bonds is 3. The van der Waals surface area contributed by atoms with Crippen molar-refractivity contribution in [3.05, 3.63) is 29.3 Å². The van der Waals surface area contributed by atoms with Crippen LogP contribution < -0.4 is 4.74 Å². The van der Waals surface area contributed by atoms with E-state index >= 15 is 0 Å². The van der Waals surface area contributed by atoms with Crippen LogP contribution in [-0.2, 0) is 4.74 Å². The third-order valence-corrected chi connectivity index (χ3v) is 1.83. The SMILES string of the molecule is CC.COC(=O)c1cc(C#N)cc(OC(C)C)c1. The van der Waals surface area contributed by atoms with Crippen LogP contribution in [0.4, 0.5) is 0 Å². The molecule has 4 nitrogen and oxygen atoms in total. The van der Waals surface area contributed by atoms with Crippen molar-refractivity contribution in [2.45, 2.75) is 33.8 Å². The summed E-state index contributed by atoms with van der Waals surface area (Å²) in [6.07, 6.45) is -0.0144. The fraction of sp³-hybridized carbons (Fsp3) is 0.429. The van der Waals surface area contributed by atoms with Crippen molar-refractivity contribution in [2.24, 2.45) is 0 Å². The minimum absolute atomic E-state index is 0.0144. The molecule has 0 bridgehead atoms. The number of methoxy groups -OCH3 is 1. The molecule has 0 spiro atoms. The maximum Gasteiger partial charge on any atom is 0.338 e. The lowest BCUT2D eigenvalue weighted by molar-refractivity contribution is 0.0600. The molecule has 18 heavy (non-hydrogen) atoms. The highest BCUT2D eigenvalue weighted by molar-refractivity contribution is 5.90. The Bertz CT molecular complexity index is 433. The van der Waals surface area contributed by atoms with Crippen molar-refractivity contribution in [1.82, 2.24) is 0 Å². The second-order valence-electron chi connectivity index (χ2n) is 3.52. The molecule has 0 fully saturated rings. The first-order valence-electron chi connectivity index (χ1n) is 5.87. The Kier molecular flexibility index (Phi) is 7.22. The van der Waals surface area contributed by atoms with Gasteiger partial charge in [0.15, 0.2) is 0 Å². The van der Waals surface area contributed by atoms with Gasteiger partial charge in [0.2, 0.25) is 0 Å². The molecule has 0 aliphatic rings. The van der Waals surface area contributed by atoms with Gasteiger partial charge in [0.25, 0.3) is 0 Å². The molecule has 1 rings (SSSR count). The Morgan fingerprint density at radius 3 is 2.33 bits per heavy atom. The fourth-order valence-electron chi connectivity index (χ4n) is 1.24. The van der Waals surface area contributed by atoms with Gasteiger partial charge in [0.05, 0.1) is 30.4 Å². The van der Waals surface area contributed by atoms with Gasteiger partial charge in [-0.15, -0.1) is 0 Å². The Labute approximate surface area is 108 Å². The van der Waals surface area contributed by atoms with Gasteiger partial charge in [-0.05, 0) is 32.0 Å². The van der Waals surface area contributed by atoms with E-state index in [2.05, 4.69) is 4.74 Å². The van der Waals surface area contributed by atoms with Crippen LogP contribution in [0.1, 0.15) is 43.6 Å². The molecule has 1 aromatic rings. The Hall–Kier alpha value is -2.02. The lowest BCUT2D eigenvalue weighted by Gasteiger charge is -2.10. The predicted octanol–water partition coefficient (Wildman–Crippen LogP) is 3.16. The van der Waals surface area contributed by atoms with Crippen molar-refractivity contribution in [3.8, 4) is 11.8 Å². The molecule has 0 amide bonds. The molecule has 0 unspecified atom stereocenters. The Balaban J connectivity index is 0.00000137. The number of nitrogens with zero attached hydrogens (tertiary/aromatic N) is 1. The van der Waals surface area contributed by atoms with Gasteiger partial charge in [0.1, 0.15) is 5.75 Å². The monoisotopic (exact) mass is 249 g/mol. The molecular formula is C14H19NO3. The predicted molar refractivity (Wildman–Crippen MR) is 69.6 cm³/mol. The minimum Gasteiger partial charge on any atom is -0.491 e. The maximum absolute atomic E-state index is 11.3. The third-order valence-electron chi connectivity index (χ3n) is 1.83. The first-order chi connectivity index (χ1) is 8.56. The number of hydrogen-bond acceptors (Lipinski definition) is 4. The van der Waals surface area contributed by atoms with Crippen LogP contribution in [0.5, 0.6) is 5.75 Å². The molecule has 0 saturated heterocycles. The zero-order valence-corrected chi connectivity index (χ0v) is 11.5. The number of nitriles is 1. The van der Waals surface area contributed by atoms with E-state index in [0.717, 1.165) is 0 Å². The minimum atomic E-state index is -0.481. The molecule has 4 heteroatoms. The first kappa shape index (κ1) is 16.0. The van der Waals surface area contributed by atoms with Crippen molar-refractivity contribution in [3.63, 3.8) is 0 Å². The topological polar surface area (TPSA) is 59.3 Å². The van der Waals surface area contributed by atoms with Crippen LogP contribution in [-0.4, -0.2) is 19.2 Å². The number of ether oxygens (including phenoxy) is 2. The average molecular weight is 249 g/mol. The lowest BCUT2D eigenvalue weighted by atomic mass is 10.1. The zero-order valence-electron chi connectivity index (χ0n) is 11.5. The summed E-state index contributed by atoms with van der Waals surface area (Å²) in [5, 5.41) is 8.82. The molecular weight excluding hydrogens is 230 g/mol. The van der Waals surface area contributed by atoms with Crippen molar-refractivity contribution >= 4 is 5.97 Å². The summed E-state index contributed by atoms with van der Waals surface area (Å²) in [6.45, 7) is 7.74. The van der Waals surface area contributed by atoms with Crippen LogP contribution in [0, 0.1) is 11.3 Å². The second kappa shape index (κ2) is 8.13. The third kappa shape index (κ3) is 4.88. The summed E-state index contributed by atoms with van der Waals surface area (Å²) in [4.78, 5) is 11.3. The lowest BCUT2D eigenvalue weighted by Crippen LogP contribution is -2.08. The summed E-state index contributed by atoms with van der Waals surface area (Å²) in [6, 6.07) is 6.60. The molecule has 1 aromatic carbocycles. The summed E-state index contributed by atoms with van der Waals surface area (Å²) in [5.74, 6) is 0.0140. The molecule has 0 aliphatic carbocycles. The van der Waals surface area contributed by atoms with E-state index in [1.807, 2.05) is 33.8 Å². The highest BCUT2D eigenvalue weighted by Crippen LogP contribution is 2.18. The summed E-state index contributed by atoms with van der Waals surface area (Å²) >= 11 is 0. The number of benzene rings is 1. The van der Waals surface area contributed by atoms with E-state index in [0.29, 0.717) is 16.9 Å². The number of esters is 1. The normalized spacial score (nSPS) is 8.94. The highest BCUT2D eigenvalue weighted by atomic mass is 16.5. The molecule has 0 N–H and O–H groups in total. The summed E-state index contributed by atoms with van der Waals surface area (Å²) < 4.78 is 10.0. The fourth-order valence-corrected chi connectivity index (χ4v) is 1.24. The number of carbonyl (C=O) groups is 1. The van der Waals surface area contributed by atoms with E-state index in [1.54, 1.807) is 12.1 Å². The van der Waals surface area contributed by atoms with Gasteiger partial charge >= 0.3 is 5.97 Å². The molecule has 98 valence electrons. The van der Waals surface area contributed by atoms with Gasteiger partial charge in [-0.1, -0.05) is 13.8 Å². The van der Waals surface area contributed by atoms with Crippen LogP contribution in [0.25, 0.3) is 0 Å². The smallest absolute Gasteiger partial charge is 0.338 e. The van der Waals surface area contributed by atoms with E-state index in [4.69, 9.17) is 10.00 Å². The molecule has 0 heterocycles. The van der Waals surface area contributed by atoms with Crippen molar-refractivity contribution in [1.29, 1.82) is 5.26 Å². The van der Waals surface area contributed by atoms with Gasteiger partial charge in [0, 0.05) is 0 Å². The van der Waals surface area contributed by atoms with E-state index in [9.17, 15) is 4.79 Å². The number of carbonyl (C=O) groups excluding carboxylic acids is 1. The standard InChI is InChI=1S/C12H13NO3.C2H6/c1-8(2)16-11-5-9(7-13)4-10(6-11)12(14)15-3;1-2/h4-6,8H,1-3H3;1-2H3. The molecule has 0 radical (unpaired) electrons. The zero-order chi connectivity index (χ0) is 14.1. The van der Waals surface area contributed by atoms with E-state index in [-0.39, 0.29) is 6.10 Å². The van der Waals surface area contributed by atoms with Crippen LogP contribution in [0.3, 0.4) is 0 Å². The highest BCUT2D eigenvalue weighted by Gasteiger charge is 2.10. The average Bonchev–Trinajstić information content (AvgIpc) is 2.38. The van der Waals surface area contributed by atoms with E-state index in [1.165, 1.54) is 13.2 Å². The van der Waals surface area contributed by atoms with Gasteiger partial charge in [-0.2, -0.15) is 5.26 Å². The van der Waals surface area contributed by atoms with Gasteiger partial charge in [-0.3, -0.25) is 0 Å². The summed E-state index contributed by atoms with van der Waals surface area (Å²) in [5.41, 5.74) is 0.691. The largest absolute Gasteiger partial charge is 0.491 e. The van der Waals surface area contributed by atoms with Gasteiger partial charge in [-0.25, -0.2) is 4.79 Å². The quantitative estimate of drug-likeness (QED) is 0.772. The Morgan fingerprint density at radius 2 is 1.89 bits per heavy atom. The van der Waals surface area contributed by atoms with Crippen molar-refractivity contribution in [2.75, 3.05) is 7.11 Å². The molecule has 0 atom stereocenters. The Morgan fingerprint density at radius 1 is 1.28 bits per heavy atom. The summed E-state index contributed by atoms with van der Waals surface area (Å²) in [7, 11) is 1.30. The number of hydrogen-bond donors (Lipinski definition) is 0.